The number of aliphatic hydroxyl groups excluding tert-OH is 1. The molecule has 1 fully saturated rings. The van der Waals surface area contributed by atoms with Gasteiger partial charge in [-0.05, 0) is 36.6 Å². The maximum atomic E-state index is 12.9. The lowest BCUT2D eigenvalue weighted by Gasteiger charge is -2.24. The molecule has 3 rings (SSSR count). The van der Waals surface area contributed by atoms with E-state index < -0.39 is 6.10 Å². The van der Waals surface area contributed by atoms with Gasteiger partial charge in [0, 0.05) is 31.0 Å². The van der Waals surface area contributed by atoms with Crippen molar-refractivity contribution in [1.29, 1.82) is 0 Å². The molecule has 0 spiro atoms. The van der Waals surface area contributed by atoms with Gasteiger partial charge < -0.3 is 5.11 Å². The van der Waals surface area contributed by atoms with Crippen LogP contribution in [0.1, 0.15) is 30.2 Å². The predicted molar refractivity (Wildman–Crippen MR) is 73.4 cm³/mol. The Morgan fingerprint density at radius 3 is 2.65 bits per heavy atom. The Hall–Kier alpha value is -1.72. The number of hydrogen-bond donors (Lipinski definition) is 2. The molecule has 1 atom stereocenters. The number of aromatic amines is 1. The number of benzene rings is 1. The van der Waals surface area contributed by atoms with Crippen molar-refractivity contribution in [3.05, 3.63) is 53.6 Å². The zero-order valence-corrected chi connectivity index (χ0v) is 11.2. The lowest BCUT2D eigenvalue weighted by atomic mass is 10.1. The Morgan fingerprint density at radius 2 is 2.05 bits per heavy atom. The zero-order chi connectivity index (χ0) is 13.9. The second-order valence-electron chi connectivity index (χ2n) is 5.31. The molecule has 1 aromatic carbocycles. The Balaban J connectivity index is 1.65. The van der Waals surface area contributed by atoms with Gasteiger partial charge >= 0.3 is 0 Å². The summed E-state index contributed by atoms with van der Waals surface area (Å²) in [5.41, 5.74) is 1.80. The van der Waals surface area contributed by atoms with E-state index in [1.807, 2.05) is 6.07 Å². The first kappa shape index (κ1) is 13.3. The number of aliphatic hydroxyl groups is 1. The summed E-state index contributed by atoms with van der Waals surface area (Å²) < 4.78 is 12.9. The highest BCUT2D eigenvalue weighted by molar-refractivity contribution is 5.19. The molecule has 0 saturated heterocycles. The number of aromatic nitrogens is 2. The summed E-state index contributed by atoms with van der Waals surface area (Å²) in [7, 11) is 0. The van der Waals surface area contributed by atoms with Gasteiger partial charge in [0.2, 0.25) is 0 Å². The van der Waals surface area contributed by atoms with Crippen molar-refractivity contribution >= 4 is 0 Å². The molecular formula is C15H18FN3O. The molecule has 2 N–H and O–H groups in total. The van der Waals surface area contributed by atoms with E-state index in [9.17, 15) is 9.50 Å². The minimum Gasteiger partial charge on any atom is -0.387 e. The van der Waals surface area contributed by atoms with Crippen LogP contribution >= 0.6 is 0 Å². The van der Waals surface area contributed by atoms with E-state index in [0.29, 0.717) is 12.6 Å². The molecule has 2 aromatic rings. The SMILES string of the molecule is OC(CN(Cc1ccn[nH]1)C1CC1)c1ccc(F)cc1. The van der Waals surface area contributed by atoms with Crippen molar-refractivity contribution in [2.75, 3.05) is 6.54 Å². The highest BCUT2D eigenvalue weighted by atomic mass is 19.1. The van der Waals surface area contributed by atoms with Crippen LogP contribution in [-0.2, 0) is 6.54 Å². The van der Waals surface area contributed by atoms with Crippen LogP contribution in [0.3, 0.4) is 0 Å². The molecule has 1 heterocycles. The normalized spacial score (nSPS) is 16.6. The Kier molecular flexibility index (Phi) is 3.80. The highest BCUT2D eigenvalue weighted by Gasteiger charge is 2.30. The van der Waals surface area contributed by atoms with Gasteiger partial charge in [-0.15, -0.1) is 0 Å². The molecular weight excluding hydrogens is 257 g/mol. The van der Waals surface area contributed by atoms with E-state index in [4.69, 9.17) is 0 Å². The van der Waals surface area contributed by atoms with E-state index in [2.05, 4.69) is 15.1 Å². The first-order valence-corrected chi connectivity index (χ1v) is 6.88. The molecule has 20 heavy (non-hydrogen) atoms. The Morgan fingerprint density at radius 1 is 1.30 bits per heavy atom. The molecule has 1 saturated carbocycles. The number of halogens is 1. The predicted octanol–water partition coefficient (Wildman–Crippen LogP) is 2.25. The Bertz CT molecular complexity index is 537. The minimum absolute atomic E-state index is 0.280. The third kappa shape index (κ3) is 3.23. The largest absolute Gasteiger partial charge is 0.387 e. The summed E-state index contributed by atoms with van der Waals surface area (Å²) in [6.45, 7) is 1.30. The highest BCUT2D eigenvalue weighted by Crippen LogP contribution is 2.30. The van der Waals surface area contributed by atoms with Crippen LogP contribution in [0, 0.1) is 5.82 Å². The monoisotopic (exact) mass is 275 g/mol. The van der Waals surface area contributed by atoms with Crippen molar-refractivity contribution in [2.24, 2.45) is 0 Å². The molecule has 1 aliphatic rings. The maximum Gasteiger partial charge on any atom is 0.123 e. The van der Waals surface area contributed by atoms with Crippen LogP contribution in [0.5, 0.6) is 0 Å². The number of nitrogens with one attached hydrogen (secondary N) is 1. The second-order valence-corrected chi connectivity index (χ2v) is 5.31. The minimum atomic E-state index is -0.598. The third-order valence-corrected chi connectivity index (χ3v) is 3.66. The van der Waals surface area contributed by atoms with E-state index in [1.54, 1.807) is 18.3 Å². The summed E-state index contributed by atoms with van der Waals surface area (Å²) in [5.74, 6) is -0.280. The lowest BCUT2D eigenvalue weighted by molar-refractivity contribution is 0.104. The molecule has 1 unspecified atom stereocenters. The lowest BCUT2D eigenvalue weighted by Crippen LogP contribution is -2.30. The Labute approximate surface area is 117 Å². The van der Waals surface area contributed by atoms with Gasteiger partial charge in [-0.1, -0.05) is 12.1 Å². The zero-order valence-electron chi connectivity index (χ0n) is 11.2. The summed E-state index contributed by atoms with van der Waals surface area (Å²) in [6, 6.07) is 8.53. The first-order valence-electron chi connectivity index (χ1n) is 6.88. The molecule has 106 valence electrons. The maximum absolute atomic E-state index is 12.9. The number of H-pyrrole nitrogens is 1. The van der Waals surface area contributed by atoms with Gasteiger partial charge in [0.25, 0.3) is 0 Å². The number of rotatable bonds is 6. The molecule has 0 radical (unpaired) electrons. The standard InChI is InChI=1S/C15H18FN3O/c16-12-3-1-11(2-4-12)15(20)10-19(14-5-6-14)9-13-7-8-17-18-13/h1-4,7-8,14-15,20H,5-6,9-10H2,(H,17,18). The van der Waals surface area contributed by atoms with Gasteiger partial charge in [0.05, 0.1) is 6.10 Å². The summed E-state index contributed by atoms with van der Waals surface area (Å²) in [4.78, 5) is 2.25. The molecule has 0 bridgehead atoms. The molecule has 4 nitrogen and oxygen atoms in total. The van der Waals surface area contributed by atoms with Crippen LogP contribution in [0.2, 0.25) is 0 Å². The van der Waals surface area contributed by atoms with Crippen molar-refractivity contribution < 1.29 is 9.50 Å². The molecule has 0 aliphatic heterocycles. The average molecular weight is 275 g/mol. The summed E-state index contributed by atoms with van der Waals surface area (Å²) in [6.07, 6.45) is 3.48. The van der Waals surface area contributed by atoms with Crippen LogP contribution in [0.4, 0.5) is 4.39 Å². The smallest absolute Gasteiger partial charge is 0.123 e. The van der Waals surface area contributed by atoms with Gasteiger partial charge in [-0.25, -0.2) is 4.39 Å². The number of hydrogen-bond acceptors (Lipinski definition) is 3. The van der Waals surface area contributed by atoms with E-state index in [0.717, 1.165) is 17.8 Å². The molecule has 1 aliphatic carbocycles. The second kappa shape index (κ2) is 5.73. The van der Waals surface area contributed by atoms with Crippen LogP contribution in [0.15, 0.2) is 36.5 Å². The summed E-state index contributed by atoms with van der Waals surface area (Å²) >= 11 is 0. The molecule has 0 amide bonds. The average Bonchev–Trinajstić information content (AvgIpc) is 3.17. The van der Waals surface area contributed by atoms with Crippen molar-refractivity contribution in [3.8, 4) is 0 Å². The quantitative estimate of drug-likeness (QED) is 0.850. The van der Waals surface area contributed by atoms with E-state index in [1.165, 1.54) is 25.0 Å². The topological polar surface area (TPSA) is 52.1 Å². The van der Waals surface area contributed by atoms with Gasteiger partial charge in [0.15, 0.2) is 0 Å². The first-order chi connectivity index (χ1) is 9.72. The fourth-order valence-corrected chi connectivity index (χ4v) is 2.39. The van der Waals surface area contributed by atoms with Gasteiger partial charge in [-0.2, -0.15) is 5.10 Å². The van der Waals surface area contributed by atoms with Crippen LogP contribution in [0.25, 0.3) is 0 Å². The third-order valence-electron chi connectivity index (χ3n) is 3.66. The summed E-state index contributed by atoms with van der Waals surface area (Å²) in [5, 5.41) is 17.2. The molecule has 1 aromatic heterocycles. The van der Waals surface area contributed by atoms with E-state index in [-0.39, 0.29) is 5.82 Å². The fourth-order valence-electron chi connectivity index (χ4n) is 2.39. The fraction of sp³-hybridized carbons (Fsp3) is 0.400. The van der Waals surface area contributed by atoms with Crippen molar-refractivity contribution in [1.82, 2.24) is 15.1 Å². The van der Waals surface area contributed by atoms with Crippen molar-refractivity contribution in [2.45, 2.75) is 31.5 Å². The van der Waals surface area contributed by atoms with Crippen molar-refractivity contribution in [3.63, 3.8) is 0 Å². The van der Waals surface area contributed by atoms with Crippen LogP contribution in [-0.4, -0.2) is 32.8 Å². The van der Waals surface area contributed by atoms with Gasteiger partial charge in [0.1, 0.15) is 5.82 Å². The van der Waals surface area contributed by atoms with Crippen LogP contribution < -0.4 is 0 Å². The van der Waals surface area contributed by atoms with E-state index >= 15 is 0 Å². The van der Waals surface area contributed by atoms with Gasteiger partial charge in [-0.3, -0.25) is 10.00 Å². The molecule has 5 heteroatoms. The number of nitrogens with zero attached hydrogens (tertiary/aromatic N) is 2.